The number of rotatable bonds is 6. The van der Waals surface area contributed by atoms with Gasteiger partial charge in [-0.25, -0.2) is 0 Å². The SMILES string of the molecule is NSc1ccc(C(=O)Nc2cc(CNc3ccccc3)c3cc2C3)cc1N. The van der Waals surface area contributed by atoms with E-state index in [1.54, 1.807) is 18.2 Å². The topological polar surface area (TPSA) is 93.2 Å². The average Bonchev–Trinajstić information content (AvgIpc) is 2.66. The van der Waals surface area contributed by atoms with Crippen molar-refractivity contribution in [3.05, 3.63) is 82.9 Å². The molecule has 5 rings (SSSR count). The van der Waals surface area contributed by atoms with E-state index in [0.717, 1.165) is 46.7 Å². The van der Waals surface area contributed by atoms with Crippen LogP contribution >= 0.6 is 11.9 Å². The van der Waals surface area contributed by atoms with Crippen molar-refractivity contribution in [3.8, 4) is 0 Å². The Hall–Kier alpha value is -2.96. The summed E-state index contributed by atoms with van der Waals surface area (Å²) in [5.41, 5.74) is 12.6. The van der Waals surface area contributed by atoms with E-state index in [2.05, 4.69) is 22.8 Å². The first-order chi connectivity index (χ1) is 13.1. The first kappa shape index (κ1) is 17.5. The fourth-order valence-electron chi connectivity index (χ4n) is 3.15. The first-order valence-electron chi connectivity index (χ1n) is 8.65. The minimum atomic E-state index is -0.173. The van der Waals surface area contributed by atoms with Crippen molar-refractivity contribution in [1.82, 2.24) is 0 Å². The monoisotopic (exact) mass is 376 g/mol. The normalized spacial score (nSPS) is 11.6. The molecule has 5 nitrogen and oxygen atoms in total. The van der Waals surface area contributed by atoms with Gasteiger partial charge in [0.25, 0.3) is 5.91 Å². The van der Waals surface area contributed by atoms with Gasteiger partial charge in [-0.05, 0) is 71.5 Å². The minimum absolute atomic E-state index is 0.173. The van der Waals surface area contributed by atoms with Gasteiger partial charge < -0.3 is 16.4 Å². The van der Waals surface area contributed by atoms with Gasteiger partial charge in [0.2, 0.25) is 0 Å². The Morgan fingerprint density at radius 2 is 1.81 bits per heavy atom. The van der Waals surface area contributed by atoms with Gasteiger partial charge in [0.1, 0.15) is 0 Å². The maximum Gasteiger partial charge on any atom is 0.255 e. The second kappa shape index (κ2) is 7.34. The van der Waals surface area contributed by atoms with Gasteiger partial charge in [0.15, 0.2) is 0 Å². The van der Waals surface area contributed by atoms with Crippen LogP contribution in [0.3, 0.4) is 0 Å². The molecule has 6 N–H and O–H groups in total. The standard InChI is InChI=1S/C21H20N4OS/c22-18-10-13(6-7-20(18)27-23)21(26)25-19-11-16(14-8-15(19)9-14)12-24-17-4-2-1-3-5-17/h1-8,10-11,24H,9,12,22-23H2,(H,25,26). The molecule has 0 saturated carbocycles. The summed E-state index contributed by atoms with van der Waals surface area (Å²) in [6, 6.07) is 19.4. The van der Waals surface area contributed by atoms with Crippen LogP contribution in [0.2, 0.25) is 0 Å². The highest BCUT2D eigenvalue weighted by atomic mass is 32.2. The highest BCUT2D eigenvalue weighted by molar-refractivity contribution is 7.97. The Morgan fingerprint density at radius 3 is 2.52 bits per heavy atom. The number of benzene rings is 3. The first-order valence-corrected chi connectivity index (χ1v) is 9.53. The van der Waals surface area contributed by atoms with Gasteiger partial charge in [-0.3, -0.25) is 9.93 Å². The van der Waals surface area contributed by atoms with Crippen LogP contribution < -0.4 is 21.5 Å². The van der Waals surface area contributed by atoms with Crippen molar-refractivity contribution in [2.24, 2.45) is 5.14 Å². The number of carbonyl (C=O) groups is 1. The number of para-hydroxylation sites is 1. The van der Waals surface area contributed by atoms with Crippen molar-refractivity contribution >= 4 is 34.9 Å². The Morgan fingerprint density at radius 1 is 1.04 bits per heavy atom. The van der Waals surface area contributed by atoms with Gasteiger partial charge in [-0.1, -0.05) is 24.3 Å². The van der Waals surface area contributed by atoms with Crippen LogP contribution in [0.5, 0.6) is 0 Å². The van der Waals surface area contributed by atoms with Crippen LogP contribution in [0.15, 0.2) is 65.6 Å². The van der Waals surface area contributed by atoms with Crippen LogP contribution in [-0.4, -0.2) is 5.91 Å². The van der Waals surface area contributed by atoms with Crippen LogP contribution in [-0.2, 0) is 13.0 Å². The molecule has 0 unspecified atom stereocenters. The molecular formula is C21H20N4OS. The lowest BCUT2D eigenvalue weighted by Gasteiger charge is -2.25. The zero-order chi connectivity index (χ0) is 18.8. The molecule has 0 atom stereocenters. The fourth-order valence-corrected chi connectivity index (χ4v) is 3.49. The molecule has 0 fully saturated rings. The third kappa shape index (κ3) is 3.63. The number of hydrogen-bond acceptors (Lipinski definition) is 5. The lowest BCUT2D eigenvalue weighted by Crippen LogP contribution is -2.18. The second-order valence-electron chi connectivity index (χ2n) is 6.50. The van der Waals surface area contributed by atoms with Gasteiger partial charge in [-0.15, -0.1) is 0 Å². The van der Waals surface area contributed by atoms with Crippen molar-refractivity contribution in [2.45, 2.75) is 17.9 Å². The largest absolute Gasteiger partial charge is 0.398 e. The molecule has 0 spiro atoms. The summed E-state index contributed by atoms with van der Waals surface area (Å²) >= 11 is 1.07. The van der Waals surface area contributed by atoms with Crippen molar-refractivity contribution in [2.75, 3.05) is 16.4 Å². The predicted octanol–water partition coefficient (Wildman–Crippen LogP) is 4.00. The van der Waals surface area contributed by atoms with Crippen molar-refractivity contribution in [1.29, 1.82) is 0 Å². The minimum Gasteiger partial charge on any atom is -0.398 e. The number of nitrogens with two attached hydrogens (primary N) is 2. The molecule has 0 saturated heterocycles. The summed E-state index contributed by atoms with van der Waals surface area (Å²) in [6.07, 6.45) is 0.892. The van der Waals surface area contributed by atoms with Gasteiger partial charge in [-0.2, -0.15) is 0 Å². The molecule has 136 valence electrons. The van der Waals surface area contributed by atoms with E-state index >= 15 is 0 Å². The van der Waals surface area contributed by atoms with E-state index in [0.29, 0.717) is 11.3 Å². The van der Waals surface area contributed by atoms with E-state index in [9.17, 15) is 4.79 Å². The zero-order valence-corrected chi connectivity index (χ0v) is 15.5. The molecule has 0 radical (unpaired) electrons. The smallest absolute Gasteiger partial charge is 0.255 e. The average molecular weight is 376 g/mol. The third-order valence-electron chi connectivity index (χ3n) is 4.71. The molecule has 0 heterocycles. The number of fused-ring (bicyclic) bond motifs is 2. The van der Waals surface area contributed by atoms with E-state index in [1.165, 1.54) is 11.1 Å². The summed E-state index contributed by atoms with van der Waals surface area (Å²) in [6.45, 7) is 0.720. The molecule has 3 aromatic carbocycles. The molecule has 0 aliphatic heterocycles. The van der Waals surface area contributed by atoms with Gasteiger partial charge >= 0.3 is 0 Å². The van der Waals surface area contributed by atoms with Crippen molar-refractivity contribution < 1.29 is 4.79 Å². The molecule has 2 aliphatic carbocycles. The summed E-state index contributed by atoms with van der Waals surface area (Å²) in [5, 5.41) is 12.0. The predicted molar refractivity (Wildman–Crippen MR) is 112 cm³/mol. The summed E-state index contributed by atoms with van der Waals surface area (Å²) in [4.78, 5) is 13.4. The lowest BCUT2D eigenvalue weighted by molar-refractivity contribution is 0.102. The highest BCUT2D eigenvalue weighted by Crippen LogP contribution is 2.34. The maximum absolute atomic E-state index is 12.6. The molecule has 0 aromatic heterocycles. The molecule has 27 heavy (non-hydrogen) atoms. The number of amides is 1. The Bertz CT molecular complexity index is 1000. The van der Waals surface area contributed by atoms with Crippen LogP contribution in [0.4, 0.5) is 17.1 Å². The van der Waals surface area contributed by atoms with E-state index in [4.69, 9.17) is 10.9 Å². The molecular weight excluding hydrogens is 356 g/mol. The lowest BCUT2D eigenvalue weighted by atomic mass is 9.86. The molecule has 2 bridgehead atoms. The quantitative estimate of drug-likeness (QED) is 0.301. The van der Waals surface area contributed by atoms with Crippen LogP contribution in [0.25, 0.3) is 0 Å². The number of anilines is 3. The fraction of sp³-hybridized carbons (Fsp3) is 0.0952. The summed E-state index contributed by atoms with van der Waals surface area (Å²) in [7, 11) is 0. The van der Waals surface area contributed by atoms with Gasteiger partial charge in [0.05, 0.1) is 0 Å². The Kier molecular flexibility index (Phi) is 4.75. The number of carbonyl (C=O) groups excluding carboxylic acids is 1. The maximum atomic E-state index is 12.6. The van der Waals surface area contributed by atoms with Crippen LogP contribution in [0, 0.1) is 0 Å². The number of nitrogen functional groups attached to an aromatic ring is 1. The van der Waals surface area contributed by atoms with E-state index in [1.807, 2.05) is 30.3 Å². The Balaban J connectivity index is 1.48. The summed E-state index contributed by atoms with van der Waals surface area (Å²) in [5.74, 6) is -0.173. The van der Waals surface area contributed by atoms with E-state index < -0.39 is 0 Å². The number of nitrogens with one attached hydrogen (secondary N) is 2. The van der Waals surface area contributed by atoms with Crippen LogP contribution in [0.1, 0.15) is 27.0 Å². The Labute approximate surface area is 162 Å². The van der Waals surface area contributed by atoms with Gasteiger partial charge in [0, 0.05) is 34.1 Å². The molecule has 1 amide bonds. The summed E-state index contributed by atoms with van der Waals surface area (Å²) < 4.78 is 0. The number of hydrogen-bond donors (Lipinski definition) is 4. The third-order valence-corrected chi connectivity index (χ3v) is 5.34. The zero-order valence-electron chi connectivity index (χ0n) is 14.7. The second-order valence-corrected chi connectivity index (χ2v) is 7.17. The molecule has 2 aliphatic rings. The highest BCUT2D eigenvalue weighted by Gasteiger charge is 2.20. The van der Waals surface area contributed by atoms with Crippen molar-refractivity contribution in [3.63, 3.8) is 0 Å². The molecule has 3 aromatic rings. The van der Waals surface area contributed by atoms with E-state index in [-0.39, 0.29) is 5.91 Å². The molecule has 6 heteroatoms.